The number of carbonyl (C=O) groups excluding carboxylic acids is 2. The third-order valence-corrected chi connectivity index (χ3v) is 5.03. The highest BCUT2D eigenvalue weighted by atomic mass is 35.5. The summed E-state index contributed by atoms with van der Waals surface area (Å²) in [6, 6.07) is 3.46. The first-order chi connectivity index (χ1) is 12.8. The summed E-state index contributed by atoms with van der Waals surface area (Å²) in [5.41, 5.74) is 4.69. The maximum atomic E-state index is 12.8. The normalized spacial score (nSPS) is 14.4. The van der Waals surface area contributed by atoms with Gasteiger partial charge >= 0.3 is 0 Å². The van der Waals surface area contributed by atoms with E-state index in [4.69, 9.17) is 11.6 Å². The van der Waals surface area contributed by atoms with E-state index < -0.39 is 0 Å². The van der Waals surface area contributed by atoms with E-state index in [9.17, 15) is 9.59 Å². The van der Waals surface area contributed by atoms with E-state index in [-0.39, 0.29) is 18.2 Å². The van der Waals surface area contributed by atoms with Crippen molar-refractivity contribution in [2.75, 3.05) is 6.54 Å². The Bertz CT molecular complexity index is 999. The van der Waals surface area contributed by atoms with Gasteiger partial charge in [-0.3, -0.25) is 9.59 Å². The molecule has 27 heavy (non-hydrogen) atoms. The Morgan fingerprint density at radius 1 is 1.26 bits per heavy atom. The molecule has 0 radical (unpaired) electrons. The minimum Gasteiger partial charge on any atom is -0.348 e. The molecule has 5 nitrogen and oxygen atoms in total. The van der Waals surface area contributed by atoms with E-state index in [1.165, 1.54) is 0 Å². The molecule has 0 saturated carbocycles. The Morgan fingerprint density at radius 2 is 2.00 bits per heavy atom. The number of ketones is 1. The molecule has 0 aliphatic heterocycles. The van der Waals surface area contributed by atoms with Crippen LogP contribution in [-0.4, -0.2) is 27.8 Å². The second-order valence-electron chi connectivity index (χ2n) is 6.88. The SMILES string of the molecule is CC1=CC(C)=C(CNC(=O)c2cc(Cl)cc(-n3ccnc3C)c2C)C(=O)C1. The number of allylic oxidation sites excluding steroid dienone is 3. The minimum atomic E-state index is -0.256. The predicted molar refractivity (Wildman–Crippen MR) is 106 cm³/mol. The van der Waals surface area contributed by atoms with Crippen molar-refractivity contribution in [2.24, 2.45) is 0 Å². The average molecular weight is 384 g/mol. The number of nitrogens with one attached hydrogen (secondary N) is 1. The molecule has 0 atom stereocenters. The van der Waals surface area contributed by atoms with Gasteiger partial charge < -0.3 is 9.88 Å². The van der Waals surface area contributed by atoms with Gasteiger partial charge in [-0.05, 0) is 51.0 Å². The van der Waals surface area contributed by atoms with Crippen molar-refractivity contribution in [1.82, 2.24) is 14.9 Å². The highest BCUT2D eigenvalue weighted by molar-refractivity contribution is 6.31. The number of halogens is 1. The van der Waals surface area contributed by atoms with E-state index in [1.54, 1.807) is 12.3 Å². The molecule has 6 heteroatoms. The van der Waals surface area contributed by atoms with Crippen LogP contribution in [0.25, 0.3) is 5.69 Å². The molecule has 1 aliphatic carbocycles. The van der Waals surface area contributed by atoms with Crippen LogP contribution in [0.15, 0.2) is 47.3 Å². The summed E-state index contributed by atoms with van der Waals surface area (Å²) < 4.78 is 1.89. The fourth-order valence-corrected chi connectivity index (χ4v) is 3.59. The lowest BCUT2D eigenvalue weighted by Gasteiger charge is -2.17. The lowest BCUT2D eigenvalue weighted by molar-refractivity contribution is -0.115. The Kier molecular flexibility index (Phi) is 5.33. The molecule has 1 aromatic heterocycles. The number of rotatable bonds is 4. The van der Waals surface area contributed by atoms with Crippen molar-refractivity contribution in [3.05, 3.63) is 69.3 Å². The first kappa shape index (κ1) is 19.1. The van der Waals surface area contributed by atoms with Crippen LogP contribution in [-0.2, 0) is 4.79 Å². The predicted octanol–water partition coefficient (Wildman–Crippen LogP) is 4.11. The minimum absolute atomic E-state index is 0.0605. The molecule has 1 amide bonds. The van der Waals surface area contributed by atoms with Crippen LogP contribution in [0.2, 0.25) is 5.02 Å². The first-order valence-electron chi connectivity index (χ1n) is 8.76. The summed E-state index contributed by atoms with van der Waals surface area (Å²) in [5, 5.41) is 3.34. The molecule has 140 valence electrons. The highest BCUT2D eigenvalue weighted by Crippen LogP contribution is 2.25. The molecule has 0 spiro atoms. The summed E-state index contributed by atoms with van der Waals surface area (Å²) in [5.74, 6) is 0.612. The van der Waals surface area contributed by atoms with Crippen LogP contribution >= 0.6 is 11.6 Å². The van der Waals surface area contributed by atoms with Gasteiger partial charge in [-0.25, -0.2) is 4.98 Å². The molecule has 3 rings (SSSR count). The number of amides is 1. The largest absolute Gasteiger partial charge is 0.348 e. The van der Waals surface area contributed by atoms with E-state index in [0.29, 0.717) is 22.6 Å². The number of hydrogen-bond acceptors (Lipinski definition) is 3. The average Bonchev–Trinajstić information content (AvgIpc) is 3.01. The van der Waals surface area contributed by atoms with Crippen molar-refractivity contribution < 1.29 is 9.59 Å². The lowest BCUT2D eigenvalue weighted by Crippen LogP contribution is -2.30. The van der Waals surface area contributed by atoms with E-state index >= 15 is 0 Å². The van der Waals surface area contributed by atoms with Crippen LogP contribution in [0.1, 0.15) is 42.0 Å². The molecule has 0 saturated heterocycles. The van der Waals surface area contributed by atoms with E-state index in [2.05, 4.69) is 10.3 Å². The molecule has 1 aromatic carbocycles. The van der Waals surface area contributed by atoms with Gasteiger partial charge in [0.1, 0.15) is 5.82 Å². The highest BCUT2D eigenvalue weighted by Gasteiger charge is 2.20. The third-order valence-electron chi connectivity index (χ3n) is 4.82. The molecule has 1 aliphatic rings. The van der Waals surface area contributed by atoms with Crippen molar-refractivity contribution in [3.8, 4) is 5.69 Å². The van der Waals surface area contributed by atoms with Crippen molar-refractivity contribution >= 4 is 23.3 Å². The van der Waals surface area contributed by atoms with Crippen LogP contribution in [0.4, 0.5) is 0 Å². The topological polar surface area (TPSA) is 64.0 Å². The van der Waals surface area contributed by atoms with Gasteiger partial charge in [0.05, 0.1) is 5.69 Å². The zero-order valence-corrected chi connectivity index (χ0v) is 16.6. The molecule has 2 aromatic rings. The van der Waals surface area contributed by atoms with Gasteiger partial charge in [0, 0.05) is 41.5 Å². The number of Topliss-reactive ketones (excluding diaryl/α,β-unsaturated/α-hetero) is 1. The second-order valence-corrected chi connectivity index (χ2v) is 7.31. The summed E-state index contributed by atoms with van der Waals surface area (Å²) in [6.07, 6.45) is 5.93. The Labute approximate surface area is 163 Å². The monoisotopic (exact) mass is 383 g/mol. The molecule has 1 heterocycles. The van der Waals surface area contributed by atoms with E-state index in [0.717, 1.165) is 28.2 Å². The Morgan fingerprint density at radius 3 is 2.63 bits per heavy atom. The van der Waals surface area contributed by atoms with Gasteiger partial charge in [0.2, 0.25) is 0 Å². The number of hydrogen-bond donors (Lipinski definition) is 1. The quantitative estimate of drug-likeness (QED) is 0.864. The molecule has 0 fully saturated rings. The fraction of sp³-hybridized carbons (Fsp3) is 0.286. The molecular formula is C21H22ClN3O2. The lowest BCUT2D eigenvalue weighted by atomic mass is 9.92. The third kappa shape index (κ3) is 3.88. The summed E-state index contributed by atoms with van der Waals surface area (Å²) >= 11 is 6.26. The Hall–Kier alpha value is -2.66. The first-order valence-corrected chi connectivity index (χ1v) is 9.14. The van der Waals surface area contributed by atoms with Gasteiger partial charge in [0.15, 0.2) is 5.78 Å². The maximum absolute atomic E-state index is 12.8. The summed E-state index contributed by atoms with van der Waals surface area (Å²) in [4.78, 5) is 29.3. The maximum Gasteiger partial charge on any atom is 0.251 e. The number of imidazole rings is 1. The van der Waals surface area contributed by atoms with Gasteiger partial charge in [-0.2, -0.15) is 0 Å². The molecule has 0 unspecified atom stereocenters. The van der Waals surface area contributed by atoms with Crippen molar-refractivity contribution in [3.63, 3.8) is 0 Å². The van der Waals surface area contributed by atoms with Crippen molar-refractivity contribution in [2.45, 2.75) is 34.1 Å². The van der Waals surface area contributed by atoms with Gasteiger partial charge in [-0.15, -0.1) is 0 Å². The smallest absolute Gasteiger partial charge is 0.251 e. The summed E-state index contributed by atoms with van der Waals surface area (Å²) in [6.45, 7) is 7.80. The number of aryl methyl sites for hydroxylation is 1. The van der Waals surface area contributed by atoms with Crippen LogP contribution in [0.5, 0.6) is 0 Å². The standard InChI is InChI=1S/C21H22ClN3O2/c1-12-7-13(2)18(20(26)8-12)11-24-21(27)17-9-16(22)10-19(14(17)3)25-6-5-23-15(25)4/h5-7,9-10H,8,11H2,1-4H3,(H,24,27). The number of benzene rings is 1. The van der Waals surface area contributed by atoms with Crippen LogP contribution in [0.3, 0.4) is 0 Å². The molecule has 1 N–H and O–H groups in total. The van der Waals surface area contributed by atoms with Crippen LogP contribution < -0.4 is 5.32 Å². The zero-order chi connectivity index (χ0) is 19.7. The molecular weight excluding hydrogens is 362 g/mol. The number of nitrogens with zero attached hydrogens (tertiary/aromatic N) is 2. The number of aromatic nitrogens is 2. The molecule has 0 bridgehead atoms. The summed E-state index contributed by atoms with van der Waals surface area (Å²) in [7, 11) is 0. The van der Waals surface area contributed by atoms with Crippen LogP contribution in [0, 0.1) is 13.8 Å². The van der Waals surface area contributed by atoms with Gasteiger partial charge in [-0.1, -0.05) is 23.3 Å². The Balaban J connectivity index is 1.88. The fourth-order valence-electron chi connectivity index (χ4n) is 3.37. The number of carbonyl (C=O) groups is 2. The second kappa shape index (κ2) is 7.53. The van der Waals surface area contributed by atoms with Crippen molar-refractivity contribution in [1.29, 1.82) is 0 Å². The van der Waals surface area contributed by atoms with Gasteiger partial charge in [0.25, 0.3) is 5.91 Å². The zero-order valence-electron chi connectivity index (χ0n) is 15.9. The van der Waals surface area contributed by atoms with E-state index in [1.807, 2.05) is 50.6 Å².